The third-order valence-corrected chi connectivity index (χ3v) is 4.56. The quantitative estimate of drug-likeness (QED) is 0.899. The zero-order chi connectivity index (χ0) is 12.5. The van der Waals surface area contributed by atoms with Crippen molar-refractivity contribution in [3.8, 4) is 0 Å². The number of aliphatic imine (C=N–C) groups is 1. The molecule has 2 rings (SSSR count). The minimum atomic E-state index is 0.197. The zero-order valence-electron chi connectivity index (χ0n) is 10.8. The van der Waals surface area contributed by atoms with Gasteiger partial charge < -0.3 is 9.84 Å². The summed E-state index contributed by atoms with van der Waals surface area (Å²) in [6, 6.07) is 0. The molecule has 1 N–H and O–H groups in total. The predicted molar refractivity (Wildman–Crippen MR) is 71.4 cm³/mol. The summed E-state index contributed by atoms with van der Waals surface area (Å²) in [6.45, 7) is 8.97. The SMILES string of the molecule is CCC1(C)CSC(=NCc2c(C)noc2C)N1. The Morgan fingerprint density at radius 1 is 1.53 bits per heavy atom. The molecular formula is C12H19N3OS. The molecule has 1 aromatic heterocycles. The van der Waals surface area contributed by atoms with E-state index in [-0.39, 0.29) is 5.54 Å². The lowest BCUT2D eigenvalue weighted by Gasteiger charge is -2.20. The normalized spacial score (nSPS) is 26.5. The van der Waals surface area contributed by atoms with Crippen molar-refractivity contribution in [1.82, 2.24) is 10.5 Å². The van der Waals surface area contributed by atoms with Crippen molar-refractivity contribution in [2.75, 3.05) is 5.75 Å². The number of amidine groups is 1. The lowest BCUT2D eigenvalue weighted by molar-refractivity contribution is 0.392. The maximum atomic E-state index is 5.13. The Labute approximate surface area is 106 Å². The molecule has 5 heteroatoms. The molecule has 0 bridgehead atoms. The van der Waals surface area contributed by atoms with Gasteiger partial charge in [-0.2, -0.15) is 0 Å². The summed E-state index contributed by atoms with van der Waals surface area (Å²) in [4.78, 5) is 4.60. The summed E-state index contributed by atoms with van der Waals surface area (Å²) in [6.07, 6.45) is 1.12. The van der Waals surface area contributed by atoms with Gasteiger partial charge in [0.05, 0.1) is 12.2 Å². The third kappa shape index (κ3) is 2.65. The minimum Gasteiger partial charge on any atom is -0.361 e. The zero-order valence-corrected chi connectivity index (χ0v) is 11.6. The Balaban J connectivity index is 2.03. The first-order valence-corrected chi connectivity index (χ1v) is 6.90. The lowest BCUT2D eigenvalue weighted by atomic mass is 10.0. The average molecular weight is 253 g/mol. The van der Waals surface area contributed by atoms with E-state index in [0.29, 0.717) is 6.54 Å². The molecule has 1 saturated heterocycles. The Bertz CT molecular complexity index is 421. The molecule has 0 aromatic carbocycles. The second kappa shape index (κ2) is 4.72. The molecule has 0 aliphatic carbocycles. The van der Waals surface area contributed by atoms with Gasteiger partial charge in [0.1, 0.15) is 5.76 Å². The number of rotatable bonds is 3. The van der Waals surface area contributed by atoms with E-state index in [1.54, 1.807) is 11.8 Å². The second-order valence-corrected chi connectivity index (χ2v) is 5.72. The Morgan fingerprint density at radius 2 is 2.29 bits per heavy atom. The van der Waals surface area contributed by atoms with Crippen LogP contribution in [0.25, 0.3) is 0 Å². The third-order valence-electron chi connectivity index (χ3n) is 3.28. The van der Waals surface area contributed by atoms with Crippen LogP contribution in [0.5, 0.6) is 0 Å². The van der Waals surface area contributed by atoms with Gasteiger partial charge >= 0.3 is 0 Å². The van der Waals surface area contributed by atoms with Crippen LogP contribution >= 0.6 is 11.8 Å². The molecule has 0 amide bonds. The van der Waals surface area contributed by atoms with Gasteiger partial charge in [-0.3, -0.25) is 4.99 Å². The van der Waals surface area contributed by atoms with Crippen LogP contribution in [0.15, 0.2) is 9.52 Å². The summed E-state index contributed by atoms with van der Waals surface area (Å²) < 4.78 is 5.13. The van der Waals surface area contributed by atoms with Crippen molar-refractivity contribution < 1.29 is 4.52 Å². The monoisotopic (exact) mass is 253 g/mol. The van der Waals surface area contributed by atoms with Crippen LogP contribution in [0.4, 0.5) is 0 Å². The molecule has 94 valence electrons. The summed E-state index contributed by atoms with van der Waals surface area (Å²) in [7, 11) is 0. The summed E-state index contributed by atoms with van der Waals surface area (Å²) in [5.41, 5.74) is 2.24. The Morgan fingerprint density at radius 3 is 2.82 bits per heavy atom. The van der Waals surface area contributed by atoms with E-state index in [2.05, 4.69) is 29.3 Å². The fraction of sp³-hybridized carbons (Fsp3) is 0.667. The number of nitrogens with one attached hydrogen (secondary N) is 1. The molecule has 1 aromatic rings. The van der Waals surface area contributed by atoms with Crippen molar-refractivity contribution in [3.63, 3.8) is 0 Å². The summed E-state index contributed by atoms with van der Waals surface area (Å²) >= 11 is 1.80. The molecule has 0 radical (unpaired) electrons. The number of nitrogens with zero attached hydrogens (tertiary/aromatic N) is 2. The van der Waals surface area contributed by atoms with Gasteiger partial charge in [0.2, 0.25) is 0 Å². The molecular weight excluding hydrogens is 234 g/mol. The first kappa shape index (κ1) is 12.5. The number of aryl methyl sites for hydroxylation is 2. The first-order valence-electron chi connectivity index (χ1n) is 5.91. The molecule has 1 fully saturated rings. The van der Waals surface area contributed by atoms with Crippen LogP contribution in [-0.4, -0.2) is 21.6 Å². The van der Waals surface area contributed by atoms with E-state index in [1.165, 1.54) is 0 Å². The smallest absolute Gasteiger partial charge is 0.157 e. The predicted octanol–water partition coefficient (Wildman–Crippen LogP) is 2.65. The molecule has 1 atom stereocenters. The van der Waals surface area contributed by atoms with E-state index in [4.69, 9.17) is 4.52 Å². The van der Waals surface area contributed by atoms with E-state index < -0.39 is 0 Å². The standard InChI is InChI=1S/C12H19N3OS/c1-5-12(4)7-17-11(14-12)13-6-10-8(2)15-16-9(10)3/h5-7H2,1-4H3,(H,13,14). The van der Waals surface area contributed by atoms with E-state index in [1.807, 2.05) is 13.8 Å². The topological polar surface area (TPSA) is 50.4 Å². The minimum absolute atomic E-state index is 0.197. The summed E-state index contributed by atoms with van der Waals surface area (Å²) in [5, 5.41) is 8.45. The maximum absolute atomic E-state index is 5.13. The van der Waals surface area contributed by atoms with Gasteiger partial charge in [0.25, 0.3) is 0 Å². The number of hydrogen-bond acceptors (Lipinski definition) is 4. The van der Waals surface area contributed by atoms with Gasteiger partial charge in [0, 0.05) is 16.9 Å². The molecule has 1 aliphatic rings. The van der Waals surface area contributed by atoms with E-state index in [9.17, 15) is 0 Å². The van der Waals surface area contributed by atoms with Crippen molar-refractivity contribution in [2.45, 2.75) is 46.2 Å². The van der Waals surface area contributed by atoms with Gasteiger partial charge in [-0.25, -0.2) is 0 Å². The van der Waals surface area contributed by atoms with Crippen LogP contribution in [0.1, 0.15) is 37.3 Å². The van der Waals surface area contributed by atoms with Crippen molar-refractivity contribution >= 4 is 16.9 Å². The molecule has 2 heterocycles. The van der Waals surface area contributed by atoms with Crippen LogP contribution in [0.3, 0.4) is 0 Å². The first-order chi connectivity index (χ1) is 8.04. The molecule has 4 nitrogen and oxygen atoms in total. The largest absolute Gasteiger partial charge is 0.361 e. The van der Waals surface area contributed by atoms with Crippen molar-refractivity contribution in [1.29, 1.82) is 0 Å². The average Bonchev–Trinajstić information content (AvgIpc) is 2.83. The van der Waals surface area contributed by atoms with Gasteiger partial charge in [0.15, 0.2) is 5.17 Å². The Hall–Kier alpha value is -0.970. The Kier molecular flexibility index (Phi) is 3.47. The van der Waals surface area contributed by atoms with Gasteiger partial charge in [-0.05, 0) is 27.2 Å². The van der Waals surface area contributed by atoms with Gasteiger partial charge in [-0.1, -0.05) is 23.8 Å². The highest BCUT2D eigenvalue weighted by Crippen LogP contribution is 2.26. The van der Waals surface area contributed by atoms with Crippen LogP contribution in [-0.2, 0) is 6.54 Å². The fourth-order valence-electron chi connectivity index (χ4n) is 1.71. The van der Waals surface area contributed by atoms with Crippen LogP contribution in [0.2, 0.25) is 0 Å². The number of thioether (sulfide) groups is 1. The highest BCUT2D eigenvalue weighted by atomic mass is 32.2. The number of hydrogen-bond donors (Lipinski definition) is 1. The fourth-order valence-corrected chi connectivity index (χ4v) is 2.92. The highest BCUT2D eigenvalue weighted by molar-refractivity contribution is 8.14. The molecule has 0 spiro atoms. The lowest BCUT2D eigenvalue weighted by Crippen LogP contribution is -2.39. The van der Waals surface area contributed by atoms with E-state index >= 15 is 0 Å². The van der Waals surface area contributed by atoms with Gasteiger partial charge in [-0.15, -0.1) is 0 Å². The molecule has 1 aliphatic heterocycles. The van der Waals surface area contributed by atoms with Crippen molar-refractivity contribution in [3.05, 3.63) is 17.0 Å². The van der Waals surface area contributed by atoms with Crippen LogP contribution in [0, 0.1) is 13.8 Å². The second-order valence-electron chi connectivity index (χ2n) is 4.75. The van der Waals surface area contributed by atoms with Crippen molar-refractivity contribution in [2.24, 2.45) is 4.99 Å². The summed E-state index contributed by atoms with van der Waals surface area (Å²) in [5.74, 6) is 1.96. The molecule has 0 saturated carbocycles. The highest BCUT2D eigenvalue weighted by Gasteiger charge is 2.30. The van der Waals surface area contributed by atoms with Crippen LogP contribution < -0.4 is 5.32 Å². The maximum Gasteiger partial charge on any atom is 0.157 e. The van der Waals surface area contributed by atoms with E-state index in [0.717, 1.165) is 34.4 Å². The molecule has 17 heavy (non-hydrogen) atoms. The number of aromatic nitrogens is 1. The molecule has 1 unspecified atom stereocenters.